The van der Waals surface area contributed by atoms with Crippen molar-refractivity contribution >= 4 is 12.4 Å². The zero-order valence-electron chi connectivity index (χ0n) is 14.2. The van der Waals surface area contributed by atoms with Gasteiger partial charge >= 0.3 is 31.1 Å². The molecule has 0 aliphatic rings. The molecule has 0 unspecified atom stereocenters. The van der Waals surface area contributed by atoms with E-state index in [1.54, 1.807) is 6.20 Å². The summed E-state index contributed by atoms with van der Waals surface area (Å²) in [5.74, 6) is 0. The molecule has 6 heteroatoms. The standard InChI is InChI=1S/C20H16N4O.U/c1-15-19(13-23-22-11-16-6-3-2-4-7-16)24-20(12-21-15)18-9-5-8-17(10-18)14-25;/h2-10,12,25H,14H2,1H3;/q-2;+2. The van der Waals surface area contributed by atoms with E-state index in [0.717, 1.165) is 16.7 Å². The number of nitrogens with zero attached hydrogens (tertiary/aromatic N) is 4. The first-order chi connectivity index (χ1) is 12.3. The Balaban J connectivity index is 0.00000243. The van der Waals surface area contributed by atoms with E-state index in [0.29, 0.717) is 17.1 Å². The van der Waals surface area contributed by atoms with Crippen molar-refractivity contribution in [3.05, 3.63) is 83.3 Å². The number of hydrogen-bond donors (Lipinski definition) is 1. The number of benzene rings is 2. The molecule has 3 aromatic rings. The molecule has 5 nitrogen and oxygen atoms in total. The maximum absolute atomic E-state index is 9.26. The van der Waals surface area contributed by atoms with Gasteiger partial charge in [0.1, 0.15) is 0 Å². The molecule has 0 saturated heterocycles. The van der Waals surface area contributed by atoms with Crippen LogP contribution in [0.4, 0.5) is 0 Å². The number of aryl methyl sites for hydroxylation is 1. The van der Waals surface area contributed by atoms with Crippen LogP contribution in [0, 0.1) is 38.0 Å². The fourth-order valence-electron chi connectivity index (χ4n) is 2.19. The molecule has 0 saturated carbocycles. The molecule has 126 valence electrons. The summed E-state index contributed by atoms with van der Waals surface area (Å²) in [5, 5.41) is 17.0. The van der Waals surface area contributed by atoms with Crippen molar-refractivity contribution in [3.63, 3.8) is 0 Å². The molecule has 0 atom stereocenters. The largest absolute Gasteiger partial charge is 2.00 e. The van der Waals surface area contributed by atoms with Crippen LogP contribution in [0.25, 0.3) is 11.3 Å². The minimum Gasteiger partial charge on any atom is -0.392 e. The van der Waals surface area contributed by atoms with E-state index in [-0.39, 0.29) is 37.7 Å². The average Bonchev–Trinajstić information content (AvgIpc) is 2.67. The zero-order valence-corrected chi connectivity index (χ0v) is 18.4. The Morgan fingerprint density at radius 2 is 1.77 bits per heavy atom. The fraction of sp³-hybridized carbons (Fsp3) is 0.100. The predicted molar refractivity (Wildman–Crippen MR) is 97.6 cm³/mol. The van der Waals surface area contributed by atoms with E-state index in [4.69, 9.17) is 0 Å². The Labute approximate surface area is 176 Å². The van der Waals surface area contributed by atoms with Crippen molar-refractivity contribution in [2.75, 3.05) is 0 Å². The molecule has 1 heterocycles. The van der Waals surface area contributed by atoms with E-state index in [9.17, 15) is 5.11 Å². The van der Waals surface area contributed by atoms with Gasteiger partial charge in [-0.25, -0.2) is 5.10 Å². The molecule has 1 aromatic heterocycles. The first kappa shape index (κ1) is 20.2. The number of aromatic nitrogens is 2. The number of rotatable bonds is 5. The molecule has 0 fully saturated rings. The molecule has 0 aliphatic heterocycles. The third-order valence-corrected chi connectivity index (χ3v) is 3.52. The van der Waals surface area contributed by atoms with Gasteiger partial charge in [-0.3, -0.25) is 10.1 Å². The van der Waals surface area contributed by atoms with E-state index < -0.39 is 0 Å². The van der Waals surface area contributed by atoms with Crippen LogP contribution in [0.15, 0.2) is 71.0 Å². The van der Waals surface area contributed by atoms with Gasteiger partial charge in [0, 0.05) is 11.8 Å². The summed E-state index contributed by atoms with van der Waals surface area (Å²) in [6, 6.07) is 17.0. The quantitative estimate of drug-likeness (QED) is 0.293. The Morgan fingerprint density at radius 1 is 1.00 bits per heavy atom. The maximum Gasteiger partial charge on any atom is 2.00 e. The van der Waals surface area contributed by atoms with Crippen molar-refractivity contribution in [2.45, 2.75) is 13.5 Å². The third-order valence-electron chi connectivity index (χ3n) is 3.52. The topological polar surface area (TPSA) is 70.7 Å². The van der Waals surface area contributed by atoms with Gasteiger partial charge < -0.3 is 10.1 Å². The van der Waals surface area contributed by atoms with Crippen molar-refractivity contribution in [1.82, 2.24) is 9.97 Å². The summed E-state index contributed by atoms with van der Waals surface area (Å²) in [4.78, 5) is 8.86. The van der Waals surface area contributed by atoms with Crippen LogP contribution in [-0.4, -0.2) is 27.5 Å². The molecular weight excluding hydrogens is 550 g/mol. The van der Waals surface area contributed by atoms with Crippen LogP contribution in [-0.2, 0) is 6.61 Å². The van der Waals surface area contributed by atoms with Crippen LogP contribution >= 0.6 is 0 Å². The van der Waals surface area contributed by atoms with Gasteiger partial charge in [-0.15, -0.1) is 12.1 Å². The molecule has 0 aliphatic carbocycles. The molecule has 0 spiro atoms. The van der Waals surface area contributed by atoms with Crippen LogP contribution in [0.2, 0.25) is 0 Å². The van der Waals surface area contributed by atoms with Crippen molar-refractivity contribution in [2.24, 2.45) is 10.2 Å². The Morgan fingerprint density at radius 3 is 2.54 bits per heavy atom. The van der Waals surface area contributed by atoms with Gasteiger partial charge in [0.25, 0.3) is 0 Å². The van der Waals surface area contributed by atoms with Crippen LogP contribution in [0.1, 0.15) is 22.5 Å². The second-order valence-electron chi connectivity index (χ2n) is 5.34. The van der Waals surface area contributed by atoms with Crippen LogP contribution in [0.5, 0.6) is 0 Å². The summed E-state index contributed by atoms with van der Waals surface area (Å²) in [7, 11) is 0. The minimum atomic E-state index is -0.0163. The molecule has 1 N–H and O–H groups in total. The van der Waals surface area contributed by atoms with Gasteiger partial charge in [-0.05, 0) is 17.8 Å². The second kappa shape index (κ2) is 10.1. The van der Waals surface area contributed by atoms with Gasteiger partial charge in [0.05, 0.1) is 12.3 Å². The van der Waals surface area contributed by atoms with Crippen molar-refractivity contribution in [3.8, 4) is 11.3 Å². The molecule has 0 amide bonds. The van der Waals surface area contributed by atoms with E-state index >= 15 is 0 Å². The molecular formula is C20H16N4OU. The Hall–Kier alpha value is -2.13. The molecule has 26 heavy (non-hydrogen) atoms. The zero-order chi connectivity index (χ0) is 17.5. The number of aliphatic hydroxyl groups excluding tert-OH is 1. The first-order valence-corrected chi connectivity index (χ1v) is 7.77. The van der Waals surface area contributed by atoms with Gasteiger partial charge in [0.15, 0.2) is 0 Å². The van der Waals surface area contributed by atoms with Crippen molar-refractivity contribution in [1.29, 1.82) is 0 Å². The predicted octanol–water partition coefficient (Wildman–Crippen LogP) is 3.15. The van der Waals surface area contributed by atoms with E-state index in [2.05, 4.69) is 32.6 Å². The summed E-state index contributed by atoms with van der Waals surface area (Å²) in [6.45, 7) is 1.82. The molecule has 0 bridgehead atoms. The van der Waals surface area contributed by atoms with E-state index in [1.165, 1.54) is 0 Å². The van der Waals surface area contributed by atoms with Crippen LogP contribution < -0.4 is 0 Å². The fourth-order valence-corrected chi connectivity index (χ4v) is 2.19. The minimum absolute atomic E-state index is 0. The third kappa shape index (κ3) is 5.43. The van der Waals surface area contributed by atoms with Crippen molar-refractivity contribution < 1.29 is 36.2 Å². The number of aliphatic hydroxyl groups is 1. The second-order valence-corrected chi connectivity index (χ2v) is 5.34. The molecule has 3 rings (SSSR count). The maximum atomic E-state index is 9.26. The summed E-state index contributed by atoms with van der Waals surface area (Å²) in [6.07, 6.45) is 7.30. The SMILES string of the molecule is Cc1ncc(-c2cccc(CO)c2)nc1[C-]=NN=[C-]c1ccccc1.[U+2]. The van der Waals surface area contributed by atoms with Gasteiger partial charge in [0.2, 0.25) is 0 Å². The normalized spacial score (nSPS) is 11.0. The molecule has 2 aromatic carbocycles. The smallest absolute Gasteiger partial charge is 0.392 e. The summed E-state index contributed by atoms with van der Waals surface area (Å²) < 4.78 is 0. The number of hydrogen-bond acceptors (Lipinski definition) is 5. The molecule has 0 radical (unpaired) electrons. The Bertz CT molecular complexity index is 911. The first-order valence-electron chi connectivity index (χ1n) is 7.77. The summed E-state index contributed by atoms with van der Waals surface area (Å²) in [5.41, 5.74) is 4.45. The van der Waals surface area contributed by atoms with Gasteiger partial charge in [-0.2, -0.15) is 17.7 Å². The Kier molecular flexibility index (Phi) is 7.86. The van der Waals surface area contributed by atoms with Gasteiger partial charge in [-0.1, -0.05) is 48.8 Å². The average molecular weight is 566 g/mol. The monoisotopic (exact) mass is 566 g/mol. The van der Waals surface area contributed by atoms with Crippen LogP contribution in [0.3, 0.4) is 0 Å². The summed E-state index contributed by atoms with van der Waals surface area (Å²) >= 11 is 0. The van der Waals surface area contributed by atoms with E-state index in [1.807, 2.05) is 61.5 Å².